The number of aryl methyl sites for hydroxylation is 1. The minimum absolute atomic E-state index is 0.263. The molecule has 8 heteroatoms. The van der Waals surface area contributed by atoms with Crippen molar-refractivity contribution in [3.05, 3.63) is 28.8 Å². The molecule has 2 rings (SSSR count). The predicted octanol–water partition coefficient (Wildman–Crippen LogP) is 1.31. The van der Waals surface area contributed by atoms with Gasteiger partial charge in [-0.05, 0) is 41.3 Å². The number of thioether (sulfide) groups is 1. The first kappa shape index (κ1) is 14.2. The fraction of sp³-hybridized carbons (Fsp3) is 0.250. The Morgan fingerprint density at radius 2 is 2.20 bits per heavy atom. The van der Waals surface area contributed by atoms with Gasteiger partial charge in [0.2, 0.25) is 5.95 Å². The smallest absolute Gasteiger partial charge is 0.258 e. The first-order valence-electron chi connectivity index (χ1n) is 5.75. The van der Waals surface area contributed by atoms with Crippen LogP contribution in [0, 0.1) is 6.92 Å². The summed E-state index contributed by atoms with van der Waals surface area (Å²) in [6.45, 7) is 1.81. The highest BCUT2D eigenvalue weighted by Crippen LogP contribution is 2.26. The molecule has 0 saturated carbocycles. The molecular weight excluding hydrogens is 278 g/mol. The molecule has 0 spiro atoms. The molecule has 0 unspecified atom stereocenters. The van der Waals surface area contributed by atoms with Crippen LogP contribution in [0.5, 0.6) is 0 Å². The Bertz CT molecular complexity index is 668. The van der Waals surface area contributed by atoms with Crippen LogP contribution in [0.1, 0.15) is 26.3 Å². The van der Waals surface area contributed by atoms with Crippen molar-refractivity contribution in [3.8, 4) is 0 Å². The van der Waals surface area contributed by atoms with Gasteiger partial charge in [-0.25, -0.2) is 4.68 Å². The zero-order valence-electron chi connectivity index (χ0n) is 11.2. The van der Waals surface area contributed by atoms with Gasteiger partial charge in [0.1, 0.15) is 0 Å². The fourth-order valence-corrected chi connectivity index (χ4v) is 2.59. The maximum Gasteiger partial charge on any atom is 0.258 e. The van der Waals surface area contributed by atoms with Gasteiger partial charge in [0.05, 0.1) is 0 Å². The van der Waals surface area contributed by atoms with Crippen LogP contribution in [-0.4, -0.2) is 38.7 Å². The third-order valence-electron chi connectivity index (χ3n) is 2.86. The van der Waals surface area contributed by atoms with Crippen molar-refractivity contribution in [1.82, 2.24) is 20.2 Å². The lowest BCUT2D eigenvalue weighted by Crippen LogP contribution is -2.17. The summed E-state index contributed by atoms with van der Waals surface area (Å²) in [6, 6.07) is 3.26. The van der Waals surface area contributed by atoms with Crippen LogP contribution in [-0.2, 0) is 7.05 Å². The van der Waals surface area contributed by atoms with E-state index in [9.17, 15) is 9.59 Å². The summed E-state index contributed by atoms with van der Waals surface area (Å²) in [5.41, 5.74) is 1.82. The molecule has 0 radical (unpaired) electrons. The second-order valence-corrected chi connectivity index (χ2v) is 4.88. The second kappa shape index (κ2) is 5.83. The van der Waals surface area contributed by atoms with Gasteiger partial charge < -0.3 is 0 Å². The van der Waals surface area contributed by atoms with Gasteiger partial charge >= 0.3 is 0 Å². The van der Waals surface area contributed by atoms with E-state index in [1.807, 2.05) is 13.2 Å². The van der Waals surface area contributed by atoms with E-state index >= 15 is 0 Å². The molecule has 0 atom stereocenters. The first-order valence-corrected chi connectivity index (χ1v) is 6.97. The van der Waals surface area contributed by atoms with E-state index in [0.717, 1.165) is 16.7 Å². The Balaban J connectivity index is 2.36. The van der Waals surface area contributed by atoms with Gasteiger partial charge in [-0.2, -0.15) is 0 Å². The molecule has 7 nitrogen and oxygen atoms in total. The lowest BCUT2D eigenvalue weighted by Gasteiger charge is -2.11. The third-order valence-corrected chi connectivity index (χ3v) is 3.81. The van der Waals surface area contributed by atoms with Crippen LogP contribution >= 0.6 is 11.8 Å². The van der Waals surface area contributed by atoms with Crippen LogP contribution in [0.25, 0.3) is 0 Å². The van der Waals surface area contributed by atoms with Crippen molar-refractivity contribution in [2.24, 2.45) is 7.05 Å². The van der Waals surface area contributed by atoms with Gasteiger partial charge in [-0.15, -0.1) is 11.8 Å². The number of aromatic nitrogens is 4. The number of hydrogen-bond acceptors (Lipinski definition) is 6. The molecule has 1 amide bonds. The number of carbonyl (C=O) groups excluding carboxylic acids is 2. The molecule has 0 aliphatic rings. The average molecular weight is 291 g/mol. The third kappa shape index (κ3) is 2.55. The number of anilines is 1. The fourth-order valence-electron chi connectivity index (χ4n) is 1.83. The van der Waals surface area contributed by atoms with E-state index in [1.165, 1.54) is 16.4 Å². The minimum atomic E-state index is -0.312. The van der Waals surface area contributed by atoms with Crippen molar-refractivity contribution in [2.45, 2.75) is 11.8 Å². The molecular formula is C12H13N5O2S. The van der Waals surface area contributed by atoms with Crippen molar-refractivity contribution in [2.75, 3.05) is 11.6 Å². The summed E-state index contributed by atoms with van der Waals surface area (Å²) in [7, 11) is 1.63. The number of carbonyl (C=O) groups is 2. The van der Waals surface area contributed by atoms with Gasteiger partial charge in [-0.3, -0.25) is 14.9 Å². The molecule has 0 saturated heterocycles. The van der Waals surface area contributed by atoms with Crippen molar-refractivity contribution in [1.29, 1.82) is 0 Å². The van der Waals surface area contributed by atoms with Gasteiger partial charge in [0.25, 0.3) is 5.91 Å². The van der Waals surface area contributed by atoms with Crippen LogP contribution < -0.4 is 5.32 Å². The Morgan fingerprint density at radius 3 is 2.75 bits per heavy atom. The lowest BCUT2D eigenvalue weighted by atomic mass is 10.0. The topological polar surface area (TPSA) is 89.8 Å². The number of benzene rings is 1. The predicted molar refractivity (Wildman–Crippen MR) is 75.1 cm³/mol. The molecule has 1 aromatic carbocycles. The molecule has 0 bridgehead atoms. The largest absolute Gasteiger partial charge is 0.298 e. The van der Waals surface area contributed by atoms with E-state index in [-0.39, 0.29) is 11.9 Å². The molecule has 0 fully saturated rings. The van der Waals surface area contributed by atoms with Crippen molar-refractivity contribution >= 4 is 29.9 Å². The Hall–Kier alpha value is -2.22. The number of tetrazole rings is 1. The molecule has 104 valence electrons. The van der Waals surface area contributed by atoms with Crippen molar-refractivity contribution in [3.63, 3.8) is 0 Å². The molecule has 1 aromatic heterocycles. The minimum Gasteiger partial charge on any atom is -0.298 e. The monoisotopic (exact) mass is 291 g/mol. The van der Waals surface area contributed by atoms with Crippen molar-refractivity contribution < 1.29 is 9.59 Å². The van der Waals surface area contributed by atoms with E-state index in [4.69, 9.17) is 0 Å². The lowest BCUT2D eigenvalue weighted by molar-refractivity contribution is 0.102. The molecule has 20 heavy (non-hydrogen) atoms. The Kier molecular flexibility index (Phi) is 4.14. The van der Waals surface area contributed by atoms with E-state index < -0.39 is 0 Å². The van der Waals surface area contributed by atoms with Gasteiger partial charge in [0.15, 0.2) is 6.29 Å². The summed E-state index contributed by atoms with van der Waals surface area (Å²) in [5.74, 6) is -0.0484. The highest BCUT2D eigenvalue weighted by Gasteiger charge is 2.16. The normalized spacial score (nSPS) is 10.3. The van der Waals surface area contributed by atoms with Crippen LogP contribution in [0.3, 0.4) is 0 Å². The second-order valence-electron chi connectivity index (χ2n) is 4.06. The Labute approximate surface area is 119 Å². The summed E-state index contributed by atoms with van der Waals surface area (Å²) in [6.07, 6.45) is 2.65. The van der Waals surface area contributed by atoms with Gasteiger partial charge in [0, 0.05) is 23.1 Å². The Morgan fingerprint density at radius 1 is 1.45 bits per heavy atom. The first-order chi connectivity index (χ1) is 9.58. The number of nitrogens with zero attached hydrogens (tertiary/aromatic N) is 4. The number of amides is 1. The molecule has 2 aromatic rings. The van der Waals surface area contributed by atoms with E-state index in [1.54, 1.807) is 19.2 Å². The number of aldehydes is 1. The SMILES string of the molecule is CSc1c(C=O)ccc(C(=O)Nc2nnnn2C)c1C. The van der Waals surface area contributed by atoms with Crippen LogP contribution in [0.15, 0.2) is 17.0 Å². The van der Waals surface area contributed by atoms with Gasteiger partial charge in [-0.1, -0.05) is 5.10 Å². The average Bonchev–Trinajstić information content (AvgIpc) is 2.83. The number of nitrogens with one attached hydrogen (secondary N) is 1. The zero-order valence-corrected chi connectivity index (χ0v) is 12.1. The number of rotatable bonds is 4. The zero-order chi connectivity index (χ0) is 14.7. The van der Waals surface area contributed by atoms with E-state index in [2.05, 4.69) is 20.8 Å². The summed E-state index contributed by atoms with van der Waals surface area (Å²) in [4.78, 5) is 24.0. The van der Waals surface area contributed by atoms with Crippen LogP contribution in [0.4, 0.5) is 5.95 Å². The molecule has 1 heterocycles. The van der Waals surface area contributed by atoms with Crippen LogP contribution in [0.2, 0.25) is 0 Å². The maximum absolute atomic E-state index is 12.2. The van der Waals surface area contributed by atoms with E-state index in [0.29, 0.717) is 11.1 Å². The maximum atomic E-state index is 12.2. The highest BCUT2D eigenvalue weighted by molar-refractivity contribution is 7.98. The standard InChI is InChI=1S/C12H13N5O2S/c1-7-9(5-4-8(6-18)10(7)20-3)11(19)13-12-14-15-16-17(12)2/h4-6H,1-3H3,(H,13,14,16,19). The summed E-state index contributed by atoms with van der Waals surface area (Å²) in [5, 5.41) is 13.4. The summed E-state index contributed by atoms with van der Waals surface area (Å²) < 4.78 is 1.36. The highest BCUT2D eigenvalue weighted by atomic mass is 32.2. The number of hydrogen-bond donors (Lipinski definition) is 1. The molecule has 0 aliphatic carbocycles. The summed E-state index contributed by atoms with van der Waals surface area (Å²) >= 11 is 1.43. The quantitative estimate of drug-likeness (QED) is 0.674. The molecule has 0 aliphatic heterocycles. The molecule has 1 N–H and O–H groups in total.